The number of carbonyl (C=O) groups excluding carboxylic acids is 1. The third kappa shape index (κ3) is 5.73. The second kappa shape index (κ2) is 9.79. The minimum atomic E-state index is -0.0138. The molecule has 0 atom stereocenters. The first-order valence-electron chi connectivity index (χ1n) is 10.9. The summed E-state index contributed by atoms with van der Waals surface area (Å²) in [7, 11) is 0. The molecule has 1 aliphatic heterocycles. The van der Waals surface area contributed by atoms with Gasteiger partial charge in [-0.05, 0) is 55.5 Å². The van der Waals surface area contributed by atoms with Crippen LogP contribution in [-0.2, 0) is 6.54 Å². The van der Waals surface area contributed by atoms with Crippen LogP contribution in [0.2, 0.25) is 0 Å². The Bertz CT molecular complexity index is 764. The molecule has 0 radical (unpaired) electrons. The average molecular weight is 394 g/mol. The lowest BCUT2D eigenvalue weighted by Gasteiger charge is -2.34. The summed E-state index contributed by atoms with van der Waals surface area (Å²) in [4.78, 5) is 16.7. The van der Waals surface area contributed by atoms with Crippen LogP contribution in [0.15, 0.2) is 54.6 Å². The molecule has 29 heavy (non-hydrogen) atoms. The molecule has 0 unspecified atom stereocenters. The third-order valence-electron chi connectivity index (χ3n) is 5.87. The van der Waals surface area contributed by atoms with Crippen LogP contribution in [0, 0.1) is 0 Å². The number of nitrogens with one attached hydrogen (secondary N) is 1. The van der Waals surface area contributed by atoms with E-state index in [0.717, 1.165) is 44.2 Å². The molecule has 4 rings (SSSR count). The standard InChI is InChI=1S/C24H31N3O2/c28-24(25-21-7-3-1-4-8-21)27-17-15-26(16-18-27)19-20-11-13-23(14-12-20)29-22-9-5-2-6-10-22/h1,3-4,7-8,11-14,22H,2,5-6,9-10,15-19H2,(H,25,28). The molecule has 2 aromatic rings. The number of anilines is 1. The van der Waals surface area contributed by atoms with Crippen LogP contribution in [0.4, 0.5) is 10.5 Å². The SMILES string of the molecule is O=C(Nc1ccccc1)N1CCN(Cc2ccc(OC3CCCCC3)cc2)CC1. The molecule has 2 aromatic carbocycles. The van der Waals surface area contributed by atoms with Gasteiger partial charge in [-0.1, -0.05) is 36.8 Å². The van der Waals surface area contributed by atoms with Gasteiger partial charge >= 0.3 is 6.03 Å². The fraction of sp³-hybridized carbons (Fsp3) is 0.458. The summed E-state index contributed by atoms with van der Waals surface area (Å²) in [6.45, 7) is 4.20. The topological polar surface area (TPSA) is 44.8 Å². The smallest absolute Gasteiger partial charge is 0.321 e. The Morgan fingerprint density at radius 3 is 2.28 bits per heavy atom. The van der Waals surface area contributed by atoms with Gasteiger partial charge in [0.1, 0.15) is 5.75 Å². The van der Waals surface area contributed by atoms with Gasteiger partial charge in [-0.25, -0.2) is 4.79 Å². The highest BCUT2D eigenvalue weighted by molar-refractivity contribution is 5.89. The molecule has 5 nitrogen and oxygen atoms in total. The first kappa shape index (κ1) is 19.8. The lowest BCUT2D eigenvalue weighted by Crippen LogP contribution is -2.49. The molecule has 0 bridgehead atoms. The second-order valence-corrected chi connectivity index (χ2v) is 8.08. The van der Waals surface area contributed by atoms with Crippen molar-refractivity contribution in [1.29, 1.82) is 0 Å². The normalized spacial score (nSPS) is 18.4. The van der Waals surface area contributed by atoms with Gasteiger partial charge in [0, 0.05) is 38.4 Å². The van der Waals surface area contributed by atoms with Crippen LogP contribution in [0.3, 0.4) is 0 Å². The molecule has 1 aliphatic carbocycles. The van der Waals surface area contributed by atoms with E-state index in [1.54, 1.807) is 0 Å². The van der Waals surface area contributed by atoms with Crippen LogP contribution in [0.25, 0.3) is 0 Å². The number of ether oxygens (including phenoxy) is 1. The average Bonchev–Trinajstić information content (AvgIpc) is 2.77. The molecule has 0 spiro atoms. The lowest BCUT2D eigenvalue weighted by atomic mass is 9.98. The van der Waals surface area contributed by atoms with E-state index in [4.69, 9.17) is 4.74 Å². The van der Waals surface area contributed by atoms with E-state index in [1.165, 1.54) is 37.7 Å². The Labute approximate surface area is 173 Å². The van der Waals surface area contributed by atoms with E-state index >= 15 is 0 Å². The van der Waals surface area contributed by atoms with Crippen LogP contribution in [0.1, 0.15) is 37.7 Å². The van der Waals surface area contributed by atoms with E-state index in [0.29, 0.717) is 6.10 Å². The van der Waals surface area contributed by atoms with Crippen molar-refractivity contribution in [3.8, 4) is 5.75 Å². The number of hydrogen-bond acceptors (Lipinski definition) is 3. The van der Waals surface area contributed by atoms with Gasteiger partial charge in [0.15, 0.2) is 0 Å². The van der Waals surface area contributed by atoms with Crippen LogP contribution < -0.4 is 10.1 Å². The molecule has 5 heteroatoms. The maximum atomic E-state index is 12.4. The largest absolute Gasteiger partial charge is 0.490 e. The third-order valence-corrected chi connectivity index (χ3v) is 5.87. The number of amides is 2. The highest BCUT2D eigenvalue weighted by Crippen LogP contribution is 2.24. The highest BCUT2D eigenvalue weighted by Gasteiger charge is 2.21. The van der Waals surface area contributed by atoms with Gasteiger partial charge in [0.05, 0.1) is 6.10 Å². The molecule has 2 amide bonds. The summed E-state index contributed by atoms with van der Waals surface area (Å²) in [5.41, 5.74) is 2.14. The summed E-state index contributed by atoms with van der Waals surface area (Å²) < 4.78 is 6.12. The Balaban J connectivity index is 1.21. The number of benzene rings is 2. The van der Waals surface area contributed by atoms with Crippen molar-refractivity contribution in [2.24, 2.45) is 0 Å². The number of piperazine rings is 1. The maximum absolute atomic E-state index is 12.4. The fourth-order valence-corrected chi connectivity index (χ4v) is 4.14. The monoisotopic (exact) mass is 393 g/mol. The molecule has 1 saturated heterocycles. The van der Waals surface area contributed by atoms with E-state index in [1.807, 2.05) is 35.2 Å². The number of para-hydroxylation sites is 1. The van der Waals surface area contributed by atoms with Crippen molar-refractivity contribution in [1.82, 2.24) is 9.80 Å². The van der Waals surface area contributed by atoms with E-state index in [2.05, 4.69) is 34.5 Å². The Morgan fingerprint density at radius 2 is 1.59 bits per heavy atom. The molecule has 1 saturated carbocycles. The number of hydrogen-bond donors (Lipinski definition) is 1. The molecule has 0 aromatic heterocycles. The van der Waals surface area contributed by atoms with Crippen LogP contribution >= 0.6 is 0 Å². The zero-order chi connectivity index (χ0) is 19.9. The van der Waals surface area contributed by atoms with Crippen molar-refractivity contribution in [2.45, 2.75) is 44.8 Å². The summed E-state index contributed by atoms with van der Waals surface area (Å²) in [6.07, 6.45) is 6.69. The summed E-state index contributed by atoms with van der Waals surface area (Å²) in [5, 5.41) is 2.97. The zero-order valence-corrected chi connectivity index (χ0v) is 17.1. The first-order chi connectivity index (χ1) is 14.3. The van der Waals surface area contributed by atoms with Gasteiger partial charge in [-0.15, -0.1) is 0 Å². The highest BCUT2D eigenvalue weighted by atomic mass is 16.5. The summed E-state index contributed by atoms with van der Waals surface area (Å²) in [5.74, 6) is 0.989. The minimum Gasteiger partial charge on any atom is -0.490 e. The molecule has 1 N–H and O–H groups in total. The number of carbonyl (C=O) groups is 1. The Kier molecular flexibility index (Phi) is 6.67. The molecule has 2 fully saturated rings. The summed E-state index contributed by atoms with van der Waals surface area (Å²) in [6, 6.07) is 18.2. The molecule has 2 aliphatic rings. The van der Waals surface area contributed by atoms with Crippen molar-refractivity contribution in [3.63, 3.8) is 0 Å². The molecule has 1 heterocycles. The summed E-state index contributed by atoms with van der Waals surface area (Å²) >= 11 is 0. The molecule has 154 valence electrons. The van der Waals surface area contributed by atoms with Crippen molar-refractivity contribution < 1.29 is 9.53 Å². The quantitative estimate of drug-likeness (QED) is 0.797. The number of urea groups is 1. The van der Waals surface area contributed by atoms with Crippen molar-refractivity contribution in [3.05, 3.63) is 60.2 Å². The van der Waals surface area contributed by atoms with Gasteiger partial charge in [-0.2, -0.15) is 0 Å². The fourth-order valence-electron chi connectivity index (χ4n) is 4.14. The Hall–Kier alpha value is -2.53. The van der Waals surface area contributed by atoms with Crippen molar-refractivity contribution in [2.75, 3.05) is 31.5 Å². The van der Waals surface area contributed by atoms with Crippen molar-refractivity contribution >= 4 is 11.7 Å². The minimum absolute atomic E-state index is 0.0138. The molecular weight excluding hydrogens is 362 g/mol. The van der Waals surface area contributed by atoms with E-state index in [-0.39, 0.29) is 6.03 Å². The van der Waals surface area contributed by atoms with Crippen LogP contribution in [-0.4, -0.2) is 48.1 Å². The van der Waals surface area contributed by atoms with E-state index < -0.39 is 0 Å². The number of rotatable bonds is 5. The number of nitrogens with zero attached hydrogens (tertiary/aromatic N) is 2. The predicted molar refractivity (Wildman–Crippen MR) is 116 cm³/mol. The van der Waals surface area contributed by atoms with Gasteiger partial charge in [0.25, 0.3) is 0 Å². The maximum Gasteiger partial charge on any atom is 0.321 e. The van der Waals surface area contributed by atoms with Gasteiger partial charge in [0.2, 0.25) is 0 Å². The zero-order valence-electron chi connectivity index (χ0n) is 17.1. The molecular formula is C24H31N3O2. The van der Waals surface area contributed by atoms with Gasteiger partial charge < -0.3 is 15.0 Å². The van der Waals surface area contributed by atoms with Crippen LogP contribution in [0.5, 0.6) is 5.75 Å². The first-order valence-corrected chi connectivity index (χ1v) is 10.9. The predicted octanol–water partition coefficient (Wildman–Crippen LogP) is 4.75. The van der Waals surface area contributed by atoms with E-state index in [9.17, 15) is 4.79 Å². The Morgan fingerprint density at radius 1 is 0.897 bits per heavy atom. The second-order valence-electron chi connectivity index (χ2n) is 8.08. The lowest BCUT2D eigenvalue weighted by molar-refractivity contribution is 0.142. The van der Waals surface area contributed by atoms with Gasteiger partial charge in [-0.3, -0.25) is 4.90 Å².